The minimum absolute atomic E-state index is 0.241. The van der Waals surface area contributed by atoms with E-state index in [9.17, 15) is 4.39 Å². The Morgan fingerprint density at radius 3 is 2.50 bits per heavy atom. The van der Waals surface area contributed by atoms with Gasteiger partial charge in [-0.25, -0.2) is 4.39 Å². The van der Waals surface area contributed by atoms with Crippen LogP contribution in [-0.2, 0) is 6.54 Å². The molecule has 106 valence electrons. The molecule has 0 aromatic heterocycles. The van der Waals surface area contributed by atoms with Gasteiger partial charge in [0.1, 0.15) is 17.3 Å². The first kappa shape index (κ1) is 14.5. The van der Waals surface area contributed by atoms with E-state index in [1.807, 2.05) is 30.3 Å². The van der Waals surface area contributed by atoms with Gasteiger partial charge in [0, 0.05) is 12.1 Å². The van der Waals surface area contributed by atoms with Gasteiger partial charge in [-0.05, 0) is 36.7 Å². The number of nitrogens with one attached hydrogen (secondary N) is 1. The van der Waals surface area contributed by atoms with Gasteiger partial charge in [-0.3, -0.25) is 0 Å². The Bertz CT molecular complexity index is 540. The van der Waals surface area contributed by atoms with E-state index in [-0.39, 0.29) is 5.82 Å². The Kier molecular flexibility index (Phi) is 5.13. The van der Waals surface area contributed by atoms with Crippen LogP contribution >= 0.6 is 0 Å². The predicted octanol–water partition coefficient (Wildman–Crippen LogP) is 4.36. The van der Waals surface area contributed by atoms with Crippen molar-refractivity contribution in [3.8, 4) is 11.5 Å². The lowest BCUT2D eigenvalue weighted by atomic mass is 10.1. The monoisotopic (exact) mass is 273 g/mol. The Balaban J connectivity index is 2.13. The van der Waals surface area contributed by atoms with Crippen LogP contribution in [0.3, 0.4) is 0 Å². The molecule has 0 aliphatic carbocycles. The second kappa shape index (κ2) is 7.06. The van der Waals surface area contributed by atoms with Crippen molar-refractivity contribution in [2.45, 2.75) is 20.4 Å². The largest absolute Gasteiger partial charge is 0.457 e. The van der Waals surface area contributed by atoms with Gasteiger partial charge in [0.2, 0.25) is 0 Å². The maximum Gasteiger partial charge on any atom is 0.134 e. The standard InChI is InChI=1S/C17H20FNO/c1-13(2)11-19-12-15-16(18)9-6-10-17(15)20-14-7-4-3-5-8-14/h3-10,13,19H,11-12H2,1-2H3. The zero-order valence-corrected chi connectivity index (χ0v) is 11.9. The highest BCUT2D eigenvalue weighted by atomic mass is 19.1. The van der Waals surface area contributed by atoms with Crippen LogP contribution in [0.5, 0.6) is 11.5 Å². The minimum Gasteiger partial charge on any atom is -0.457 e. The second-order valence-electron chi connectivity index (χ2n) is 5.16. The van der Waals surface area contributed by atoms with Gasteiger partial charge in [0.25, 0.3) is 0 Å². The average molecular weight is 273 g/mol. The van der Waals surface area contributed by atoms with Gasteiger partial charge in [0.05, 0.1) is 0 Å². The topological polar surface area (TPSA) is 21.3 Å². The number of para-hydroxylation sites is 1. The first-order valence-electron chi connectivity index (χ1n) is 6.88. The van der Waals surface area contributed by atoms with Gasteiger partial charge in [-0.1, -0.05) is 38.1 Å². The van der Waals surface area contributed by atoms with Gasteiger partial charge >= 0.3 is 0 Å². The smallest absolute Gasteiger partial charge is 0.134 e. The molecule has 3 heteroatoms. The summed E-state index contributed by atoms with van der Waals surface area (Å²) in [6.07, 6.45) is 0. The summed E-state index contributed by atoms with van der Waals surface area (Å²) < 4.78 is 19.7. The summed E-state index contributed by atoms with van der Waals surface area (Å²) >= 11 is 0. The van der Waals surface area contributed by atoms with E-state index in [1.165, 1.54) is 6.07 Å². The summed E-state index contributed by atoms with van der Waals surface area (Å²) in [4.78, 5) is 0. The molecule has 0 spiro atoms. The van der Waals surface area contributed by atoms with Gasteiger partial charge < -0.3 is 10.1 Å². The summed E-state index contributed by atoms with van der Waals surface area (Å²) in [7, 11) is 0. The first-order chi connectivity index (χ1) is 9.66. The van der Waals surface area contributed by atoms with Crippen LogP contribution in [0.4, 0.5) is 4.39 Å². The fourth-order valence-corrected chi connectivity index (χ4v) is 1.91. The van der Waals surface area contributed by atoms with E-state index in [4.69, 9.17) is 4.74 Å². The molecule has 0 amide bonds. The Labute approximate surface area is 119 Å². The summed E-state index contributed by atoms with van der Waals surface area (Å²) in [6, 6.07) is 14.3. The number of benzene rings is 2. The van der Waals surface area contributed by atoms with E-state index in [1.54, 1.807) is 12.1 Å². The van der Waals surface area contributed by atoms with E-state index in [2.05, 4.69) is 19.2 Å². The molecule has 20 heavy (non-hydrogen) atoms. The van der Waals surface area contributed by atoms with Crippen LogP contribution < -0.4 is 10.1 Å². The van der Waals surface area contributed by atoms with Crippen molar-refractivity contribution in [3.63, 3.8) is 0 Å². The van der Waals surface area contributed by atoms with Crippen LogP contribution in [0.1, 0.15) is 19.4 Å². The number of halogens is 1. The molecule has 0 unspecified atom stereocenters. The molecule has 2 aromatic rings. The fourth-order valence-electron chi connectivity index (χ4n) is 1.91. The third-order valence-electron chi connectivity index (χ3n) is 2.90. The summed E-state index contributed by atoms with van der Waals surface area (Å²) in [5.41, 5.74) is 0.567. The minimum atomic E-state index is -0.241. The molecule has 0 fully saturated rings. The lowest BCUT2D eigenvalue weighted by Crippen LogP contribution is -2.20. The molecule has 0 atom stereocenters. The van der Waals surface area contributed by atoms with Gasteiger partial charge in [-0.2, -0.15) is 0 Å². The van der Waals surface area contributed by atoms with Crippen molar-refractivity contribution in [2.75, 3.05) is 6.54 Å². The molecule has 0 saturated carbocycles. The van der Waals surface area contributed by atoms with Crippen molar-refractivity contribution >= 4 is 0 Å². The zero-order chi connectivity index (χ0) is 14.4. The Hall–Kier alpha value is -1.87. The maximum absolute atomic E-state index is 14.0. The van der Waals surface area contributed by atoms with Crippen molar-refractivity contribution < 1.29 is 9.13 Å². The fraction of sp³-hybridized carbons (Fsp3) is 0.294. The van der Waals surface area contributed by atoms with Gasteiger partial charge in [-0.15, -0.1) is 0 Å². The molecule has 0 aliphatic rings. The highest BCUT2D eigenvalue weighted by Crippen LogP contribution is 2.27. The average Bonchev–Trinajstić information content (AvgIpc) is 2.43. The molecule has 0 heterocycles. The quantitative estimate of drug-likeness (QED) is 0.844. The summed E-state index contributed by atoms with van der Waals surface area (Å²) in [6.45, 7) is 5.55. The third-order valence-corrected chi connectivity index (χ3v) is 2.90. The highest BCUT2D eigenvalue weighted by Gasteiger charge is 2.10. The molecule has 2 nitrogen and oxygen atoms in total. The van der Waals surface area contributed by atoms with Crippen LogP contribution in [0.25, 0.3) is 0 Å². The number of ether oxygens (including phenoxy) is 1. The predicted molar refractivity (Wildman–Crippen MR) is 79.5 cm³/mol. The van der Waals surface area contributed by atoms with E-state index >= 15 is 0 Å². The van der Waals surface area contributed by atoms with Crippen molar-refractivity contribution in [3.05, 3.63) is 59.9 Å². The van der Waals surface area contributed by atoms with E-state index in [0.29, 0.717) is 29.5 Å². The summed E-state index contributed by atoms with van der Waals surface area (Å²) in [5, 5.41) is 3.25. The molecule has 0 radical (unpaired) electrons. The molecular weight excluding hydrogens is 253 g/mol. The maximum atomic E-state index is 14.0. The number of rotatable bonds is 6. The second-order valence-corrected chi connectivity index (χ2v) is 5.16. The molecule has 0 aliphatic heterocycles. The Morgan fingerprint density at radius 2 is 1.80 bits per heavy atom. The van der Waals surface area contributed by atoms with Crippen molar-refractivity contribution in [1.29, 1.82) is 0 Å². The van der Waals surface area contributed by atoms with Crippen molar-refractivity contribution in [2.24, 2.45) is 5.92 Å². The highest BCUT2D eigenvalue weighted by molar-refractivity contribution is 5.38. The van der Waals surface area contributed by atoms with Crippen LogP contribution in [0.2, 0.25) is 0 Å². The van der Waals surface area contributed by atoms with Crippen LogP contribution in [-0.4, -0.2) is 6.54 Å². The first-order valence-corrected chi connectivity index (χ1v) is 6.88. The molecule has 0 saturated heterocycles. The molecule has 1 N–H and O–H groups in total. The molecule has 2 rings (SSSR count). The van der Waals surface area contributed by atoms with E-state index in [0.717, 1.165) is 6.54 Å². The van der Waals surface area contributed by atoms with Crippen molar-refractivity contribution in [1.82, 2.24) is 5.32 Å². The normalized spacial score (nSPS) is 10.8. The zero-order valence-electron chi connectivity index (χ0n) is 11.9. The molecular formula is C17H20FNO. The van der Waals surface area contributed by atoms with Gasteiger partial charge in [0.15, 0.2) is 0 Å². The van der Waals surface area contributed by atoms with Crippen LogP contribution in [0.15, 0.2) is 48.5 Å². The lowest BCUT2D eigenvalue weighted by Gasteiger charge is -2.13. The third kappa shape index (κ3) is 4.07. The molecule has 0 bridgehead atoms. The lowest BCUT2D eigenvalue weighted by molar-refractivity contribution is 0.457. The van der Waals surface area contributed by atoms with Crippen LogP contribution in [0, 0.1) is 11.7 Å². The number of hydrogen-bond donors (Lipinski definition) is 1. The SMILES string of the molecule is CC(C)CNCc1c(F)cccc1Oc1ccccc1. The number of hydrogen-bond acceptors (Lipinski definition) is 2. The van der Waals surface area contributed by atoms with E-state index < -0.39 is 0 Å². The molecule has 2 aromatic carbocycles. The Morgan fingerprint density at radius 1 is 1.05 bits per heavy atom. The summed E-state index contributed by atoms with van der Waals surface area (Å²) in [5.74, 6) is 1.56.